The minimum Gasteiger partial charge on any atom is -0.493 e. The molecule has 0 bridgehead atoms. The van der Waals surface area contributed by atoms with Crippen molar-refractivity contribution in [2.45, 2.75) is 58.9 Å². The van der Waals surface area contributed by atoms with Crippen molar-refractivity contribution in [3.8, 4) is 11.5 Å². The average molecular weight is 648 g/mol. The first-order valence-electron chi connectivity index (χ1n) is 13.9. The quantitative estimate of drug-likeness (QED) is 0.204. The van der Waals surface area contributed by atoms with Crippen LogP contribution in [0, 0.1) is 5.41 Å². The molecule has 1 amide bonds. The molecule has 3 rings (SSSR count). The number of hydrogen-bond donors (Lipinski definition) is 3. The molecule has 0 radical (unpaired) electrons. The standard InChI is InChI=1S/C31H42N4O6.BrH/c1-8-40-26-15-20-17-35(29(32)21(20)16-22(26)30(39)33-5)18-25(36)19-13-23(31(2,3)4)28(24(14-19)34(6)7)41-12-10-9-11-27(37)38;/h13-16,32H,8-12,17-18H2,1-7H3,(H,33,39)(H,37,38);1H. The summed E-state index contributed by atoms with van der Waals surface area (Å²) in [5.41, 5.74) is 3.61. The summed E-state index contributed by atoms with van der Waals surface area (Å²) >= 11 is 0. The molecule has 11 heteroatoms. The second-order valence-corrected chi connectivity index (χ2v) is 11.4. The number of carboxylic acids is 1. The molecule has 42 heavy (non-hydrogen) atoms. The zero-order valence-electron chi connectivity index (χ0n) is 25.6. The van der Waals surface area contributed by atoms with Gasteiger partial charge in [-0.05, 0) is 55.0 Å². The number of unbranched alkanes of at least 4 members (excludes halogenated alkanes) is 1. The molecule has 0 saturated carbocycles. The summed E-state index contributed by atoms with van der Waals surface area (Å²) in [6.45, 7) is 9.14. The highest BCUT2D eigenvalue weighted by atomic mass is 79.9. The molecule has 3 N–H and O–H groups in total. The molecular formula is C31H43BrN4O6. The van der Waals surface area contributed by atoms with E-state index in [-0.39, 0.29) is 52.9 Å². The van der Waals surface area contributed by atoms with Gasteiger partial charge in [-0.2, -0.15) is 0 Å². The Bertz CT molecular complexity index is 1340. The Morgan fingerprint density at radius 3 is 2.36 bits per heavy atom. The Hall–Kier alpha value is -3.60. The molecule has 1 aliphatic rings. The van der Waals surface area contributed by atoms with Crippen LogP contribution in [0.5, 0.6) is 11.5 Å². The maximum atomic E-state index is 13.7. The number of carbonyl (C=O) groups excluding carboxylic acids is 2. The van der Waals surface area contributed by atoms with E-state index < -0.39 is 5.97 Å². The lowest BCUT2D eigenvalue weighted by atomic mass is 9.84. The normalized spacial score (nSPS) is 12.4. The molecule has 0 atom stereocenters. The van der Waals surface area contributed by atoms with E-state index >= 15 is 0 Å². The highest BCUT2D eigenvalue weighted by Gasteiger charge is 2.31. The number of benzene rings is 2. The first kappa shape index (κ1) is 34.6. The van der Waals surface area contributed by atoms with Crippen molar-refractivity contribution in [3.05, 3.63) is 52.1 Å². The van der Waals surface area contributed by atoms with Gasteiger partial charge in [0.1, 0.15) is 17.3 Å². The lowest BCUT2D eigenvalue weighted by molar-refractivity contribution is -0.137. The number of carboxylic acid groups (broad SMARTS) is 1. The van der Waals surface area contributed by atoms with E-state index in [1.165, 1.54) is 0 Å². The predicted octanol–water partition coefficient (Wildman–Crippen LogP) is 5.04. The third-order valence-electron chi connectivity index (χ3n) is 6.96. The van der Waals surface area contributed by atoms with Crippen LogP contribution in [-0.4, -0.2) is 74.4 Å². The zero-order valence-corrected chi connectivity index (χ0v) is 27.3. The first-order valence-corrected chi connectivity index (χ1v) is 13.9. The molecule has 230 valence electrons. The fraction of sp³-hybridized carbons (Fsp3) is 0.484. The number of nitrogens with one attached hydrogen (secondary N) is 2. The lowest BCUT2D eigenvalue weighted by Crippen LogP contribution is -2.30. The second-order valence-electron chi connectivity index (χ2n) is 11.4. The van der Waals surface area contributed by atoms with Crippen LogP contribution in [0.3, 0.4) is 0 Å². The van der Waals surface area contributed by atoms with Crippen molar-refractivity contribution in [3.63, 3.8) is 0 Å². The Morgan fingerprint density at radius 1 is 1.10 bits per heavy atom. The zero-order chi connectivity index (χ0) is 30.5. The predicted molar refractivity (Wildman–Crippen MR) is 169 cm³/mol. The van der Waals surface area contributed by atoms with Gasteiger partial charge >= 0.3 is 5.97 Å². The van der Waals surface area contributed by atoms with Crippen LogP contribution < -0.4 is 19.7 Å². The van der Waals surface area contributed by atoms with E-state index in [1.54, 1.807) is 24.1 Å². The van der Waals surface area contributed by atoms with Crippen molar-refractivity contribution >= 4 is 46.2 Å². The maximum absolute atomic E-state index is 13.7. The minimum absolute atomic E-state index is 0. The van der Waals surface area contributed by atoms with Gasteiger partial charge in [0.2, 0.25) is 0 Å². The van der Waals surface area contributed by atoms with Gasteiger partial charge < -0.3 is 29.7 Å². The molecule has 1 aliphatic heterocycles. The number of fused-ring (bicyclic) bond motifs is 1. The highest BCUT2D eigenvalue weighted by Crippen LogP contribution is 2.40. The fourth-order valence-electron chi connectivity index (χ4n) is 4.78. The van der Waals surface area contributed by atoms with Crippen molar-refractivity contribution < 1.29 is 29.0 Å². The fourth-order valence-corrected chi connectivity index (χ4v) is 4.78. The van der Waals surface area contributed by atoms with Gasteiger partial charge in [-0.3, -0.25) is 19.8 Å². The Balaban J connectivity index is 0.00000616. The molecule has 0 spiro atoms. The summed E-state index contributed by atoms with van der Waals surface area (Å²) in [5.74, 6) is 0.0608. The van der Waals surface area contributed by atoms with Gasteiger partial charge in [0.15, 0.2) is 5.78 Å². The number of nitrogens with zero attached hydrogens (tertiary/aromatic N) is 2. The third-order valence-corrected chi connectivity index (χ3v) is 6.96. The molecule has 2 aromatic carbocycles. The van der Waals surface area contributed by atoms with Crippen LogP contribution in [-0.2, 0) is 16.8 Å². The maximum Gasteiger partial charge on any atom is 0.303 e. The summed E-state index contributed by atoms with van der Waals surface area (Å²) in [6.07, 6.45) is 1.22. The second kappa shape index (κ2) is 14.5. The largest absolute Gasteiger partial charge is 0.493 e. The van der Waals surface area contributed by atoms with Gasteiger partial charge in [-0.1, -0.05) is 20.8 Å². The van der Waals surface area contributed by atoms with Gasteiger partial charge in [-0.25, -0.2) is 0 Å². The van der Waals surface area contributed by atoms with Gasteiger partial charge in [0.05, 0.1) is 31.0 Å². The van der Waals surface area contributed by atoms with Crippen LogP contribution in [0.15, 0.2) is 24.3 Å². The van der Waals surface area contributed by atoms with E-state index in [1.807, 2.05) is 38.1 Å². The summed E-state index contributed by atoms with van der Waals surface area (Å²) in [5, 5.41) is 20.3. The summed E-state index contributed by atoms with van der Waals surface area (Å²) < 4.78 is 11.9. The monoisotopic (exact) mass is 646 g/mol. The topological polar surface area (TPSA) is 132 Å². The number of ketones is 1. The number of ether oxygens (including phenoxy) is 2. The van der Waals surface area contributed by atoms with Crippen LogP contribution in [0.25, 0.3) is 0 Å². The Labute approximate surface area is 258 Å². The molecule has 2 aromatic rings. The average Bonchev–Trinajstić information content (AvgIpc) is 3.20. The number of carbonyl (C=O) groups is 3. The molecule has 0 fully saturated rings. The highest BCUT2D eigenvalue weighted by molar-refractivity contribution is 8.93. The van der Waals surface area contributed by atoms with Crippen molar-refractivity contribution in [1.29, 1.82) is 5.41 Å². The Kier molecular flexibility index (Phi) is 12.0. The van der Waals surface area contributed by atoms with Crippen molar-refractivity contribution in [1.82, 2.24) is 10.2 Å². The summed E-state index contributed by atoms with van der Waals surface area (Å²) in [6, 6.07) is 7.13. The molecule has 1 heterocycles. The number of hydrogen-bond acceptors (Lipinski definition) is 7. The summed E-state index contributed by atoms with van der Waals surface area (Å²) in [4.78, 5) is 40.6. The molecular weight excluding hydrogens is 604 g/mol. The molecule has 0 aromatic heterocycles. The number of halogens is 1. The van der Waals surface area contributed by atoms with Crippen LogP contribution in [0.1, 0.15) is 84.4 Å². The molecule has 0 aliphatic carbocycles. The molecule has 0 saturated heterocycles. The van der Waals surface area contributed by atoms with E-state index in [0.29, 0.717) is 60.8 Å². The minimum atomic E-state index is -0.826. The SMILES string of the molecule is Br.CCOc1cc2c(cc1C(=O)NC)C(=N)N(CC(=O)c1cc(N(C)C)c(OCCCCC(=O)O)c(C(C)(C)C)c1)C2. The van der Waals surface area contributed by atoms with E-state index in [0.717, 1.165) is 16.8 Å². The number of amides is 1. The van der Waals surface area contributed by atoms with Gasteiger partial charge in [0.25, 0.3) is 5.91 Å². The van der Waals surface area contributed by atoms with E-state index in [2.05, 4.69) is 26.1 Å². The van der Waals surface area contributed by atoms with E-state index in [4.69, 9.17) is 20.0 Å². The van der Waals surface area contributed by atoms with Crippen LogP contribution >= 0.6 is 17.0 Å². The smallest absolute Gasteiger partial charge is 0.303 e. The van der Waals surface area contributed by atoms with Crippen LogP contribution in [0.4, 0.5) is 5.69 Å². The van der Waals surface area contributed by atoms with Crippen molar-refractivity contribution in [2.24, 2.45) is 0 Å². The number of Topliss-reactive ketones (excluding diaryl/α,β-unsaturated/α-hetero) is 1. The number of aliphatic carboxylic acids is 1. The summed E-state index contributed by atoms with van der Waals surface area (Å²) in [7, 11) is 5.32. The Morgan fingerprint density at radius 2 is 1.79 bits per heavy atom. The molecule has 0 unspecified atom stereocenters. The number of anilines is 1. The number of rotatable bonds is 13. The van der Waals surface area contributed by atoms with Gasteiger partial charge in [0, 0.05) is 50.8 Å². The third kappa shape index (κ3) is 8.02. The first-order chi connectivity index (χ1) is 19.3. The lowest BCUT2D eigenvalue weighted by Gasteiger charge is -2.28. The number of amidine groups is 1. The van der Waals surface area contributed by atoms with Gasteiger partial charge in [-0.15, -0.1) is 17.0 Å². The van der Waals surface area contributed by atoms with Crippen LogP contribution in [0.2, 0.25) is 0 Å². The molecule has 10 nitrogen and oxygen atoms in total. The van der Waals surface area contributed by atoms with Crippen molar-refractivity contribution in [2.75, 3.05) is 45.8 Å². The van der Waals surface area contributed by atoms with E-state index in [9.17, 15) is 14.4 Å².